The zero-order chi connectivity index (χ0) is 15.0. The maximum atomic E-state index is 14.0. The molecule has 0 saturated heterocycles. The third-order valence-electron chi connectivity index (χ3n) is 3.00. The van der Waals surface area contributed by atoms with E-state index in [-0.39, 0.29) is 5.82 Å². The number of rotatable bonds is 2. The Morgan fingerprint density at radius 2 is 1.90 bits per heavy atom. The number of halogens is 3. The molecule has 0 spiro atoms. The van der Waals surface area contributed by atoms with Gasteiger partial charge in [-0.1, -0.05) is 22.0 Å². The van der Waals surface area contributed by atoms with Crippen LogP contribution in [-0.4, -0.2) is 9.78 Å². The lowest BCUT2D eigenvalue weighted by molar-refractivity contribution is 0.624. The molecule has 0 fully saturated rings. The number of nitrogens with two attached hydrogens (primary N) is 1. The van der Waals surface area contributed by atoms with Gasteiger partial charge in [0.25, 0.3) is 0 Å². The fourth-order valence-corrected chi connectivity index (χ4v) is 2.36. The van der Waals surface area contributed by atoms with Gasteiger partial charge in [0, 0.05) is 10.0 Å². The number of nitrogens with zero attached hydrogens (tertiary/aromatic N) is 2. The molecule has 0 aliphatic heterocycles. The molecule has 0 bridgehead atoms. The Bertz CT molecular complexity index is 814. The second-order valence-electron chi connectivity index (χ2n) is 4.48. The predicted octanol–water partition coefficient (Wildman–Crippen LogP) is 4.16. The van der Waals surface area contributed by atoms with Gasteiger partial charge in [-0.2, -0.15) is 5.10 Å². The van der Waals surface area contributed by atoms with Gasteiger partial charge in [-0.25, -0.2) is 13.5 Å². The summed E-state index contributed by atoms with van der Waals surface area (Å²) in [6.07, 6.45) is 1.53. The maximum absolute atomic E-state index is 14.0. The molecule has 3 rings (SSSR count). The summed E-state index contributed by atoms with van der Waals surface area (Å²) in [6, 6.07) is 10.6. The summed E-state index contributed by atoms with van der Waals surface area (Å²) in [6.45, 7) is 0. The maximum Gasteiger partial charge on any atom is 0.133 e. The van der Waals surface area contributed by atoms with Gasteiger partial charge in [-0.05, 0) is 36.4 Å². The standard InChI is InChI=1S/C15H10BrF2N3/c16-9-4-5-12(13(18)6-9)15-14(19)8-21(20-15)11-3-1-2-10(17)7-11/h1-8H,19H2. The summed E-state index contributed by atoms with van der Waals surface area (Å²) in [4.78, 5) is 0. The van der Waals surface area contributed by atoms with Crippen molar-refractivity contribution in [3.8, 4) is 16.9 Å². The molecule has 3 nitrogen and oxygen atoms in total. The fraction of sp³-hybridized carbons (Fsp3) is 0. The molecule has 1 heterocycles. The van der Waals surface area contributed by atoms with E-state index in [0.29, 0.717) is 27.1 Å². The summed E-state index contributed by atoms with van der Waals surface area (Å²) < 4.78 is 29.3. The number of benzene rings is 2. The van der Waals surface area contributed by atoms with Crippen LogP contribution in [0.5, 0.6) is 0 Å². The topological polar surface area (TPSA) is 43.8 Å². The van der Waals surface area contributed by atoms with E-state index in [1.807, 2.05) is 0 Å². The summed E-state index contributed by atoms with van der Waals surface area (Å²) in [5.74, 6) is -0.807. The highest BCUT2D eigenvalue weighted by molar-refractivity contribution is 9.10. The zero-order valence-corrected chi connectivity index (χ0v) is 12.3. The quantitative estimate of drug-likeness (QED) is 0.754. The van der Waals surface area contributed by atoms with Gasteiger partial charge in [0.05, 0.1) is 17.6 Å². The van der Waals surface area contributed by atoms with Gasteiger partial charge in [0.2, 0.25) is 0 Å². The van der Waals surface area contributed by atoms with Crippen LogP contribution in [0.25, 0.3) is 16.9 Å². The number of nitrogen functional groups attached to an aromatic ring is 1. The molecule has 0 amide bonds. The average molecular weight is 350 g/mol. The van der Waals surface area contributed by atoms with Crippen LogP contribution in [0.3, 0.4) is 0 Å². The van der Waals surface area contributed by atoms with E-state index < -0.39 is 5.82 Å². The van der Waals surface area contributed by atoms with Crippen molar-refractivity contribution in [1.29, 1.82) is 0 Å². The summed E-state index contributed by atoms with van der Waals surface area (Å²) >= 11 is 3.20. The molecule has 0 aliphatic carbocycles. The van der Waals surface area contributed by atoms with Crippen LogP contribution in [0.2, 0.25) is 0 Å². The van der Waals surface area contributed by atoms with Crippen molar-refractivity contribution in [3.05, 3.63) is 64.8 Å². The third-order valence-corrected chi connectivity index (χ3v) is 3.49. The molecular weight excluding hydrogens is 340 g/mol. The first-order valence-electron chi connectivity index (χ1n) is 6.11. The van der Waals surface area contributed by atoms with Gasteiger partial charge in [0.1, 0.15) is 17.3 Å². The van der Waals surface area contributed by atoms with Crippen molar-refractivity contribution in [2.45, 2.75) is 0 Å². The van der Waals surface area contributed by atoms with Crippen LogP contribution in [0.15, 0.2) is 53.1 Å². The first kappa shape index (κ1) is 13.8. The van der Waals surface area contributed by atoms with Gasteiger partial charge in [-0.15, -0.1) is 0 Å². The zero-order valence-electron chi connectivity index (χ0n) is 10.7. The van der Waals surface area contributed by atoms with Crippen molar-refractivity contribution >= 4 is 21.6 Å². The minimum atomic E-state index is -0.430. The van der Waals surface area contributed by atoms with Gasteiger partial charge >= 0.3 is 0 Å². The van der Waals surface area contributed by atoms with Crippen molar-refractivity contribution < 1.29 is 8.78 Å². The number of anilines is 1. The molecule has 0 unspecified atom stereocenters. The average Bonchev–Trinajstić information content (AvgIpc) is 2.81. The number of hydrogen-bond donors (Lipinski definition) is 1. The van der Waals surface area contributed by atoms with Crippen LogP contribution < -0.4 is 5.73 Å². The monoisotopic (exact) mass is 349 g/mol. The molecule has 0 saturated carbocycles. The van der Waals surface area contributed by atoms with Crippen molar-refractivity contribution in [2.75, 3.05) is 5.73 Å². The number of aromatic nitrogens is 2. The molecule has 3 aromatic rings. The third kappa shape index (κ3) is 2.67. The smallest absolute Gasteiger partial charge is 0.133 e. The minimum Gasteiger partial charge on any atom is -0.396 e. The molecule has 2 aromatic carbocycles. The first-order valence-corrected chi connectivity index (χ1v) is 6.90. The second kappa shape index (κ2) is 5.29. The van der Waals surface area contributed by atoms with Crippen LogP contribution in [0.4, 0.5) is 14.5 Å². The van der Waals surface area contributed by atoms with Gasteiger partial charge < -0.3 is 5.73 Å². The Balaban J connectivity index is 2.10. The lowest BCUT2D eigenvalue weighted by Gasteiger charge is -2.02. The number of hydrogen-bond acceptors (Lipinski definition) is 2. The Hall–Kier alpha value is -2.21. The molecule has 1 aromatic heterocycles. The van der Waals surface area contributed by atoms with Crippen molar-refractivity contribution in [1.82, 2.24) is 9.78 Å². The van der Waals surface area contributed by atoms with Gasteiger partial charge in [0.15, 0.2) is 0 Å². The molecule has 106 valence electrons. The van der Waals surface area contributed by atoms with Crippen LogP contribution >= 0.6 is 15.9 Å². The van der Waals surface area contributed by atoms with E-state index in [1.165, 1.54) is 29.1 Å². The molecular formula is C15H10BrF2N3. The van der Waals surface area contributed by atoms with Crippen LogP contribution in [-0.2, 0) is 0 Å². The summed E-state index contributed by atoms with van der Waals surface area (Å²) in [7, 11) is 0. The minimum absolute atomic E-state index is 0.297. The van der Waals surface area contributed by atoms with Crippen molar-refractivity contribution in [3.63, 3.8) is 0 Å². The fourth-order valence-electron chi connectivity index (χ4n) is 2.03. The highest BCUT2D eigenvalue weighted by atomic mass is 79.9. The molecule has 0 atom stereocenters. The Morgan fingerprint density at radius 1 is 1.10 bits per heavy atom. The molecule has 21 heavy (non-hydrogen) atoms. The van der Waals surface area contributed by atoms with Gasteiger partial charge in [-0.3, -0.25) is 0 Å². The van der Waals surface area contributed by atoms with Crippen LogP contribution in [0, 0.1) is 11.6 Å². The summed E-state index contributed by atoms with van der Waals surface area (Å²) in [5, 5.41) is 4.25. The molecule has 6 heteroatoms. The molecule has 2 N–H and O–H groups in total. The normalized spacial score (nSPS) is 10.8. The van der Waals surface area contributed by atoms with E-state index in [1.54, 1.807) is 24.3 Å². The SMILES string of the molecule is Nc1cn(-c2cccc(F)c2)nc1-c1ccc(Br)cc1F. The largest absolute Gasteiger partial charge is 0.396 e. The van der Waals surface area contributed by atoms with Crippen LogP contribution in [0.1, 0.15) is 0 Å². The molecule has 0 radical (unpaired) electrons. The van der Waals surface area contributed by atoms with E-state index in [2.05, 4.69) is 21.0 Å². The van der Waals surface area contributed by atoms with Crippen molar-refractivity contribution in [2.24, 2.45) is 0 Å². The van der Waals surface area contributed by atoms with E-state index in [9.17, 15) is 8.78 Å². The Labute approximate surface area is 128 Å². The highest BCUT2D eigenvalue weighted by Crippen LogP contribution is 2.29. The van der Waals surface area contributed by atoms with E-state index in [0.717, 1.165) is 0 Å². The van der Waals surface area contributed by atoms with E-state index in [4.69, 9.17) is 5.73 Å². The summed E-state index contributed by atoms with van der Waals surface area (Å²) in [5.41, 5.74) is 7.36. The Morgan fingerprint density at radius 3 is 2.62 bits per heavy atom. The molecule has 0 aliphatic rings. The lowest BCUT2D eigenvalue weighted by Crippen LogP contribution is -1.96. The first-order chi connectivity index (χ1) is 10.0. The van der Waals surface area contributed by atoms with E-state index >= 15 is 0 Å². The predicted molar refractivity (Wildman–Crippen MR) is 81.0 cm³/mol. The Kier molecular flexibility index (Phi) is 3.47. The lowest BCUT2D eigenvalue weighted by atomic mass is 10.1. The second-order valence-corrected chi connectivity index (χ2v) is 5.40. The highest BCUT2D eigenvalue weighted by Gasteiger charge is 2.14.